The molecule has 1 aromatic carbocycles. The molecule has 0 aliphatic carbocycles. The van der Waals surface area contributed by atoms with E-state index in [9.17, 15) is 39.0 Å². The summed E-state index contributed by atoms with van der Waals surface area (Å²) in [6, 6.07) is 7.14. The Morgan fingerprint density at radius 3 is 1.87 bits per heavy atom. The highest BCUT2D eigenvalue weighted by Crippen LogP contribution is 2.37. The molecular weight excluding hydrogens is 510 g/mol. The average Bonchev–Trinajstić information content (AvgIpc) is 2.93. The number of β-amino-alcohol motifs (C(OH)–C–C–N with tert-alkyl or cyclic N) is 2. The number of aliphatic hydroxyl groups is 2. The summed E-state index contributed by atoms with van der Waals surface area (Å²) in [7, 11) is 1.17. The second kappa shape index (κ2) is 11.7. The third-order valence-electron chi connectivity index (χ3n) is 6.94. The van der Waals surface area contributed by atoms with E-state index in [-0.39, 0.29) is 25.9 Å². The first-order chi connectivity index (χ1) is 18.5. The van der Waals surface area contributed by atoms with Crippen molar-refractivity contribution in [3.8, 4) is 0 Å². The number of barbiturate groups is 1. The quantitative estimate of drug-likeness (QED) is 0.274. The van der Waals surface area contributed by atoms with Crippen LogP contribution < -0.4 is 17.1 Å². The number of rotatable bonds is 11. The fraction of sp³-hybridized carbons (Fsp3) is 0.462. The van der Waals surface area contributed by atoms with Crippen molar-refractivity contribution < 1.29 is 24.6 Å². The lowest BCUT2D eigenvalue weighted by Crippen LogP contribution is -2.68. The summed E-state index contributed by atoms with van der Waals surface area (Å²) in [5.41, 5.74) is -4.31. The van der Waals surface area contributed by atoms with Gasteiger partial charge in [-0.05, 0) is 18.4 Å². The molecule has 0 radical (unpaired) electrons. The Kier molecular flexibility index (Phi) is 8.87. The zero-order valence-corrected chi connectivity index (χ0v) is 22.1. The van der Waals surface area contributed by atoms with Gasteiger partial charge in [0.15, 0.2) is 5.41 Å². The predicted octanol–water partition coefficient (Wildman–Crippen LogP) is -0.835. The van der Waals surface area contributed by atoms with E-state index in [1.165, 1.54) is 13.1 Å². The molecule has 2 aromatic rings. The van der Waals surface area contributed by atoms with Crippen LogP contribution in [0.25, 0.3) is 0 Å². The molecular formula is C26H33N5O8. The van der Waals surface area contributed by atoms with Gasteiger partial charge < -0.3 is 10.2 Å². The number of urea groups is 1. The van der Waals surface area contributed by atoms with Gasteiger partial charge in [-0.25, -0.2) is 32.9 Å². The van der Waals surface area contributed by atoms with Crippen molar-refractivity contribution in [3.05, 3.63) is 80.0 Å². The van der Waals surface area contributed by atoms with Crippen LogP contribution in [0.4, 0.5) is 4.79 Å². The van der Waals surface area contributed by atoms with E-state index in [2.05, 4.69) is 6.58 Å². The number of benzene rings is 1. The van der Waals surface area contributed by atoms with Crippen LogP contribution in [0.1, 0.15) is 32.3 Å². The predicted molar refractivity (Wildman–Crippen MR) is 140 cm³/mol. The lowest BCUT2D eigenvalue weighted by molar-refractivity contribution is -0.154. The second-order valence-electron chi connectivity index (χ2n) is 9.37. The van der Waals surface area contributed by atoms with Gasteiger partial charge in [-0.15, -0.1) is 6.58 Å². The zero-order chi connectivity index (χ0) is 29.1. The number of carbonyl (C=O) groups is 3. The molecule has 13 heteroatoms. The molecule has 1 saturated heterocycles. The maximum atomic E-state index is 13.9. The first kappa shape index (κ1) is 29.5. The molecule has 4 amide bonds. The summed E-state index contributed by atoms with van der Waals surface area (Å²) in [6.45, 7) is 4.93. The molecule has 2 heterocycles. The summed E-state index contributed by atoms with van der Waals surface area (Å²) >= 11 is 0. The maximum absolute atomic E-state index is 13.9. The van der Waals surface area contributed by atoms with E-state index in [1.54, 1.807) is 44.2 Å². The third kappa shape index (κ3) is 5.14. The Balaban J connectivity index is 2.05. The average molecular weight is 544 g/mol. The van der Waals surface area contributed by atoms with Crippen LogP contribution in [0.3, 0.4) is 0 Å². The number of carbonyl (C=O) groups excluding carboxylic acids is 3. The van der Waals surface area contributed by atoms with E-state index >= 15 is 0 Å². The fourth-order valence-corrected chi connectivity index (χ4v) is 4.68. The van der Waals surface area contributed by atoms with Crippen molar-refractivity contribution in [2.24, 2.45) is 7.05 Å². The molecule has 39 heavy (non-hydrogen) atoms. The van der Waals surface area contributed by atoms with E-state index in [1.807, 2.05) is 0 Å². The van der Waals surface area contributed by atoms with Crippen molar-refractivity contribution >= 4 is 17.8 Å². The SMILES string of the molecule is C=CCn1c(=O)n(C)c(=O)n(CC(O)CN2C(=O)N(CC(O)CC)C(=O)C(CC)(c3ccccc3)C2=O)c1=O. The molecule has 1 fully saturated rings. The molecule has 3 unspecified atom stereocenters. The number of hydrogen-bond acceptors (Lipinski definition) is 8. The zero-order valence-electron chi connectivity index (χ0n) is 22.1. The van der Waals surface area contributed by atoms with Crippen LogP contribution in [0.15, 0.2) is 57.4 Å². The highest BCUT2D eigenvalue weighted by Gasteiger charge is 2.57. The number of aromatic nitrogens is 3. The normalized spacial score (nSPS) is 19.4. The summed E-state index contributed by atoms with van der Waals surface area (Å²) in [5.74, 6) is -1.66. The number of hydrogen-bond donors (Lipinski definition) is 2. The van der Waals surface area contributed by atoms with Crippen LogP contribution in [0.2, 0.25) is 0 Å². The van der Waals surface area contributed by atoms with Crippen molar-refractivity contribution in [2.45, 2.75) is 57.4 Å². The Morgan fingerprint density at radius 1 is 0.821 bits per heavy atom. The Labute approximate surface area is 223 Å². The van der Waals surface area contributed by atoms with Crippen molar-refractivity contribution in [3.63, 3.8) is 0 Å². The molecule has 1 aliphatic rings. The monoisotopic (exact) mass is 543 g/mol. The van der Waals surface area contributed by atoms with Gasteiger partial charge in [0.2, 0.25) is 0 Å². The lowest BCUT2D eigenvalue weighted by Gasteiger charge is -2.44. The third-order valence-corrected chi connectivity index (χ3v) is 6.94. The Hall–Kier alpha value is -4.10. The van der Waals surface area contributed by atoms with E-state index in [4.69, 9.17) is 0 Å². The van der Waals surface area contributed by atoms with Gasteiger partial charge in [0, 0.05) is 7.05 Å². The largest absolute Gasteiger partial charge is 0.391 e. The molecule has 3 atom stereocenters. The van der Waals surface area contributed by atoms with Crippen LogP contribution >= 0.6 is 0 Å². The van der Waals surface area contributed by atoms with Gasteiger partial charge in [-0.3, -0.25) is 19.4 Å². The van der Waals surface area contributed by atoms with Crippen molar-refractivity contribution in [1.82, 2.24) is 23.5 Å². The highest BCUT2D eigenvalue weighted by atomic mass is 16.3. The number of nitrogens with zero attached hydrogens (tertiary/aromatic N) is 5. The van der Waals surface area contributed by atoms with Gasteiger partial charge in [0.05, 0.1) is 38.4 Å². The number of amides is 4. The fourth-order valence-electron chi connectivity index (χ4n) is 4.68. The van der Waals surface area contributed by atoms with Gasteiger partial charge in [-0.1, -0.05) is 50.3 Å². The molecule has 2 N–H and O–H groups in total. The molecule has 1 aromatic heterocycles. The Morgan fingerprint density at radius 2 is 1.36 bits per heavy atom. The Bertz CT molecular complexity index is 1440. The van der Waals surface area contributed by atoms with Crippen LogP contribution in [0.5, 0.6) is 0 Å². The minimum absolute atomic E-state index is 0.0141. The topological polar surface area (TPSA) is 164 Å². The number of aliphatic hydroxyl groups excluding tert-OH is 2. The van der Waals surface area contributed by atoms with Crippen LogP contribution in [0, 0.1) is 0 Å². The minimum atomic E-state index is -1.80. The molecule has 0 spiro atoms. The molecule has 13 nitrogen and oxygen atoms in total. The van der Waals surface area contributed by atoms with E-state index in [0.29, 0.717) is 19.6 Å². The maximum Gasteiger partial charge on any atom is 0.336 e. The van der Waals surface area contributed by atoms with E-state index < -0.39 is 65.6 Å². The van der Waals surface area contributed by atoms with Crippen LogP contribution in [-0.2, 0) is 35.1 Å². The smallest absolute Gasteiger partial charge is 0.336 e. The first-order valence-electron chi connectivity index (χ1n) is 12.6. The highest BCUT2D eigenvalue weighted by molar-refractivity contribution is 6.22. The van der Waals surface area contributed by atoms with Crippen LogP contribution in [-0.4, -0.2) is 76.9 Å². The lowest BCUT2D eigenvalue weighted by atomic mass is 9.74. The minimum Gasteiger partial charge on any atom is -0.391 e. The van der Waals surface area contributed by atoms with Gasteiger partial charge in [0.25, 0.3) is 11.8 Å². The molecule has 3 rings (SSSR count). The van der Waals surface area contributed by atoms with Crippen molar-refractivity contribution in [1.29, 1.82) is 0 Å². The standard InChI is InChI=1S/C26H33N5O8/c1-5-13-28-22(36)27(4)23(37)31(24(28)38)16-19(33)15-30-21(35)26(7-3,17-11-9-8-10-12-17)20(34)29(25(30)39)14-18(32)6-2/h5,8-12,18-19,32-33H,1,6-7,13-16H2,2-4H3. The second-order valence-corrected chi connectivity index (χ2v) is 9.37. The van der Waals surface area contributed by atoms with Crippen molar-refractivity contribution in [2.75, 3.05) is 13.1 Å². The molecule has 1 aliphatic heterocycles. The van der Waals surface area contributed by atoms with E-state index in [0.717, 1.165) is 9.47 Å². The van der Waals surface area contributed by atoms with Gasteiger partial charge >= 0.3 is 23.1 Å². The summed E-state index contributed by atoms with van der Waals surface area (Å²) in [6.07, 6.45) is -1.14. The summed E-state index contributed by atoms with van der Waals surface area (Å²) in [5, 5.41) is 21.2. The van der Waals surface area contributed by atoms with Gasteiger partial charge in [0.1, 0.15) is 0 Å². The number of imide groups is 2. The van der Waals surface area contributed by atoms with Gasteiger partial charge in [-0.2, -0.15) is 0 Å². The molecule has 210 valence electrons. The number of allylic oxidation sites excluding steroid dienone is 1. The molecule has 0 bridgehead atoms. The first-order valence-corrected chi connectivity index (χ1v) is 12.6. The molecule has 0 saturated carbocycles. The summed E-state index contributed by atoms with van der Waals surface area (Å²) in [4.78, 5) is 80.2. The summed E-state index contributed by atoms with van der Waals surface area (Å²) < 4.78 is 2.07.